The zero-order chi connectivity index (χ0) is 8.10. The van der Waals surface area contributed by atoms with Gasteiger partial charge in [0.15, 0.2) is 5.90 Å². The first kappa shape index (κ1) is 7.65. The van der Waals surface area contributed by atoms with Gasteiger partial charge in [-0.25, -0.2) is 9.97 Å². The number of methoxy groups -OCH3 is 1. The molecule has 0 aromatic carbocycles. The van der Waals surface area contributed by atoms with Crippen molar-refractivity contribution in [1.82, 2.24) is 9.97 Å². The summed E-state index contributed by atoms with van der Waals surface area (Å²) in [6.45, 7) is 1.75. The maximum absolute atomic E-state index is 4.82. The maximum atomic E-state index is 4.82. The van der Waals surface area contributed by atoms with Crippen molar-refractivity contribution in [1.29, 1.82) is 0 Å². The molecule has 0 atom stereocenters. The topological polar surface area (TPSA) is 47.4 Å². The molecule has 0 N–H and O–H groups in total. The summed E-state index contributed by atoms with van der Waals surface area (Å²) in [5.74, 6) is 0.975. The van der Waals surface area contributed by atoms with Crippen LogP contribution in [0.5, 0.6) is 0 Å². The van der Waals surface area contributed by atoms with Gasteiger partial charge in [-0.15, -0.1) is 0 Å². The van der Waals surface area contributed by atoms with Gasteiger partial charge in [-0.05, 0) is 6.07 Å². The summed E-state index contributed by atoms with van der Waals surface area (Å²) in [7, 11) is 1.56. The minimum Gasteiger partial charge on any atom is -0.484 e. The van der Waals surface area contributed by atoms with Crippen molar-refractivity contribution in [2.24, 2.45) is 4.99 Å². The summed E-state index contributed by atoms with van der Waals surface area (Å²) < 4.78 is 4.82. The van der Waals surface area contributed by atoms with Gasteiger partial charge in [-0.2, -0.15) is 4.99 Å². The lowest BCUT2D eigenvalue weighted by molar-refractivity contribution is 0.400. The first-order valence-electron chi connectivity index (χ1n) is 3.19. The van der Waals surface area contributed by atoms with Crippen LogP contribution in [0.1, 0.15) is 6.92 Å². The summed E-state index contributed by atoms with van der Waals surface area (Å²) in [4.78, 5) is 11.7. The molecule has 1 rings (SSSR count). The molecule has 0 aliphatic rings. The number of nitrogens with zero attached hydrogens (tertiary/aromatic N) is 3. The Balaban J connectivity index is 2.79. The van der Waals surface area contributed by atoms with Crippen LogP contribution in [-0.4, -0.2) is 23.0 Å². The average Bonchev–Trinajstić information content (AvgIpc) is 2.06. The Morgan fingerprint density at radius 1 is 1.45 bits per heavy atom. The number of hydrogen-bond donors (Lipinski definition) is 0. The highest BCUT2D eigenvalue weighted by atomic mass is 16.5. The largest absolute Gasteiger partial charge is 0.484 e. The third-order valence-electron chi connectivity index (χ3n) is 1.11. The van der Waals surface area contributed by atoms with Crippen molar-refractivity contribution >= 4 is 11.8 Å². The van der Waals surface area contributed by atoms with Gasteiger partial charge < -0.3 is 4.74 Å². The molecule has 0 spiro atoms. The zero-order valence-electron chi connectivity index (χ0n) is 6.48. The molecule has 1 aromatic heterocycles. The molecule has 1 heterocycles. The quantitative estimate of drug-likeness (QED) is 0.447. The molecule has 0 radical (unpaired) electrons. The van der Waals surface area contributed by atoms with E-state index in [9.17, 15) is 0 Å². The molecule has 58 valence electrons. The molecule has 0 bridgehead atoms. The summed E-state index contributed by atoms with van der Waals surface area (Å²) >= 11 is 0. The number of hydrogen-bond acceptors (Lipinski definition) is 4. The zero-order valence-corrected chi connectivity index (χ0v) is 6.48. The maximum Gasteiger partial charge on any atom is 0.252 e. The molecule has 1 aromatic rings. The van der Waals surface area contributed by atoms with Crippen LogP contribution in [0.2, 0.25) is 0 Å². The number of ether oxygens (including phenoxy) is 1. The molecule has 0 saturated heterocycles. The van der Waals surface area contributed by atoms with Gasteiger partial charge in [-0.3, -0.25) is 0 Å². The van der Waals surface area contributed by atoms with Crippen LogP contribution in [0.3, 0.4) is 0 Å². The van der Waals surface area contributed by atoms with Crippen LogP contribution >= 0.6 is 0 Å². The van der Waals surface area contributed by atoms with E-state index in [0.717, 1.165) is 0 Å². The minimum absolute atomic E-state index is 0.423. The van der Waals surface area contributed by atoms with Gasteiger partial charge in [0, 0.05) is 19.3 Å². The van der Waals surface area contributed by atoms with E-state index in [4.69, 9.17) is 4.74 Å². The predicted octanol–water partition coefficient (Wildman–Crippen LogP) is 1.17. The SMILES string of the molecule is COC(C)=Nc1ncccn1. The smallest absolute Gasteiger partial charge is 0.252 e. The Bertz CT molecular complexity index is 245. The summed E-state index contributed by atoms with van der Waals surface area (Å²) in [6, 6.07) is 1.74. The molecule has 0 saturated carbocycles. The van der Waals surface area contributed by atoms with Gasteiger partial charge in [0.1, 0.15) is 0 Å². The predicted molar refractivity (Wildman–Crippen MR) is 41.8 cm³/mol. The Hall–Kier alpha value is -1.45. The van der Waals surface area contributed by atoms with Gasteiger partial charge in [0.25, 0.3) is 5.95 Å². The van der Waals surface area contributed by atoms with Crippen LogP contribution in [-0.2, 0) is 4.74 Å². The molecule has 0 aliphatic carbocycles. The van der Waals surface area contributed by atoms with Crippen LogP contribution in [0.25, 0.3) is 0 Å². The summed E-state index contributed by atoms with van der Waals surface area (Å²) in [6.07, 6.45) is 3.27. The second-order valence-corrected chi connectivity index (χ2v) is 1.88. The fourth-order valence-electron chi connectivity index (χ4n) is 0.535. The Kier molecular flexibility index (Phi) is 2.54. The molecule has 0 amide bonds. The van der Waals surface area contributed by atoms with E-state index < -0.39 is 0 Å². The monoisotopic (exact) mass is 151 g/mol. The second-order valence-electron chi connectivity index (χ2n) is 1.88. The second kappa shape index (κ2) is 3.65. The first-order chi connectivity index (χ1) is 5.33. The van der Waals surface area contributed by atoms with Crippen LogP contribution in [0.15, 0.2) is 23.5 Å². The van der Waals surface area contributed by atoms with Gasteiger partial charge in [-0.1, -0.05) is 0 Å². The van der Waals surface area contributed by atoms with E-state index in [1.54, 1.807) is 32.5 Å². The number of rotatable bonds is 1. The summed E-state index contributed by atoms with van der Waals surface area (Å²) in [5, 5.41) is 0. The van der Waals surface area contributed by atoms with Gasteiger partial charge in [0.2, 0.25) is 0 Å². The van der Waals surface area contributed by atoms with E-state index in [-0.39, 0.29) is 0 Å². The number of aromatic nitrogens is 2. The number of aliphatic imine (C=N–C) groups is 1. The Morgan fingerprint density at radius 3 is 2.64 bits per heavy atom. The highest BCUT2D eigenvalue weighted by molar-refractivity contribution is 5.75. The van der Waals surface area contributed by atoms with E-state index >= 15 is 0 Å². The van der Waals surface area contributed by atoms with E-state index in [1.165, 1.54) is 0 Å². The summed E-state index contributed by atoms with van der Waals surface area (Å²) in [5.41, 5.74) is 0. The van der Waals surface area contributed by atoms with Crippen molar-refractivity contribution in [2.45, 2.75) is 6.92 Å². The Morgan fingerprint density at radius 2 is 2.09 bits per heavy atom. The standard InChI is InChI=1S/C7H9N3O/c1-6(11-2)10-7-8-4-3-5-9-7/h3-5H,1-2H3. The van der Waals surface area contributed by atoms with Gasteiger partial charge in [0.05, 0.1) is 7.11 Å². The molecule has 4 heteroatoms. The first-order valence-corrected chi connectivity index (χ1v) is 3.19. The molecule has 0 fully saturated rings. The van der Waals surface area contributed by atoms with E-state index in [0.29, 0.717) is 11.8 Å². The molecular formula is C7H9N3O. The minimum atomic E-state index is 0.423. The van der Waals surface area contributed by atoms with Crippen LogP contribution < -0.4 is 0 Å². The lowest BCUT2D eigenvalue weighted by Crippen LogP contribution is -1.93. The molecule has 0 aliphatic heterocycles. The van der Waals surface area contributed by atoms with Crippen molar-refractivity contribution in [2.75, 3.05) is 7.11 Å². The van der Waals surface area contributed by atoms with Gasteiger partial charge >= 0.3 is 0 Å². The van der Waals surface area contributed by atoms with Crippen molar-refractivity contribution < 1.29 is 4.74 Å². The van der Waals surface area contributed by atoms with Crippen molar-refractivity contribution in [3.05, 3.63) is 18.5 Å². The van der Waals surface area contributed by atoms with Crippen molar-refractivity contribution in [3.8, 4) is 0 Å². The third kappa shape index (κ3) is 2.33. The lowest BCUT2D eigenvalue weighted by Gasteiger charge is -1.94. The highest BCUT2D eigenvalue weighted by Crippen LogP contribution is 1.99. The van der Waals surface area contributed by atoms with Crippen molar-refractivity contribution in [3.63, 3.8) is 0 Å². The van der Waals surface area contributed by atoms with E-state index in [2.05, 4.69) is 15.0 Å². The van der Waals surface area contributed by atoms with E-state index in [1.807, 2.05) is 0 Å². The fourth-order valence-corrected chi connectivity index (χ4v) is 0.535. The fraction of sp³-hybridized carbons (Fsp3) is 0.286. The molecule has 4 nitrogen and oxygen atoms in total. The third-order valence-corrected chi connectivity index (χ3v) is 1.11. The van der Waals surface area contributed by atoms with Crippen LogP contribution in [0, 0.1) is 0 Å². The van der Waals surface area contributed by atoms with Crippen LogP contribution in [0.4, 0.5) is 5.95 Å². The molecular weight excluding hydrogens is 142 g/mol. The Labute approximate surface area is 65.0 Å². The molecule has 11 heavy (non-hydrogen) atoms. The highest BCUT2D eigenvalue weighted by Gasteiger charge is 1.90. The normalized spacial score (nSPS) is 11.3. The molecule has 0 unspecified atom stereocenters. The lowest BCUT2D eigenvalue weighted by atomic mass is 10.7. The average molecular weight is 151 g/mol.